The fourth-order valence-corrected chi connectivity index (χ4v) is 18.6. The van der Waals surface area contributed by atoms with Crippen LogP contribution in [0.5, 0.6) is 34.5 Å². The minimum absolute atomic E-state index is 0. The number of carbonyl (C=O) groups excluding carboxylic acids is 10. The summed E-state index contributed by atoms with van der Waals surface area (Å²) in [4.78, 5) is 115. The molecule has 5 heterocycles. The van der Waals surface area contributed by atoms with Gasteiger partial charge in [-0.15, -0.1) is 13.2 Å². The second-order valence-corrected chi connectivity index (χ2v) is 37.1. The summed E-state index contributed by atoms with van der Waals surface area (Å²) >= 11 is 11.3. The summed E-state index contributed by atoms with van der Waals surface area (Å²) in [7, 11) is 0. The largest absolute Gasteiger partial charge is 0.573 e. The van der Waals surface area contributed by atoms with E-state index in [-0.39, 0.29) is 176 Å². The Morgan fingerprint density at radius 3 is 0.850 bits per heavy atom. The molecule has 10 aromatic rings. The molecule has 5 aliphatic heterocycles. The highest BCUT2D eigenvalue weighted by Gasteiger charge is 2.38. The normalized spacial score (nSPS) is 18.2. The maximum Gasteiger partial charge on any atom is 0.573 e. The van der Waals surface area contributed by atoms with Gasteiger partial charge in [0, 0.05) is 10.6 Å². The van der Waals surface area contributed by atoms with E-state index >= 15 is 0 Å². The van der Waals surface area contributed by atoms with Crippen LogP contribution >= 0.6 is 70.4 Å². The number of thioether (sulfide) groups is 5. The van der Waals surface area contributed by atoms with Gasteiger partial charge >= 0.3 is 12.5 Å². The van der Waals surface area contributed by atoms with E-state index in [0.717, 1.165) is 116 Å². The van der Waals surface area contributed by atoms with Gasteiger partial charge in [-0.05, 0) is 197 Å². The molecule has 10 aromatic carbocycles. The van der Waals surface area contributed by atoms with Gasteiger partial charge in [-0.25, -0.2) is 8.78 Å². The number of Topliss-reactive ketones (excluding diaryl/α,β-unsaturated/α-hetero) is 5. The van der Waals surface area contributed by atoms with Gasteiger partial charge in [-0.3, -0.25) is 47.9 Å². The van der Waals surface area contributed by atoms with Crippen molar-refractivity contribution in [1.82, 2.24) is 0 Å². The van der Waals surface area contributed by atoms with Gasteiger partial charge in [0.05, 0.1) is 63.9 Å². The van der Waals surface area contributed by atoms with Crippen molar-refractivity contribution in [1.29, 1.82) is 0 Å². The molecular formula is C98H89ClF8O21S5. The summed E-state index contributed by atoms with van der Waals surface area (Å²) in [5.41, 5.74) is 5.81. The van der Waals surface area contributed by atoms with Crippen LogP contribution in [-0.4, -0.2) is 146 Å². The number of hydrogen-bond donors (Lipinski definition) is 5. The van der Waals surface area contributed by atoms with Gasteiger partial charge in [0.2, 0.25) is 0 Å². The van der Waals surface area contributed by atoms with Crippen LogP contribution in [0.1, 0.15) is 131 Å². The van der Waals surface area contributed by atoms with Gasteiger partial charge < -0.3 is 54.0 Å². The number of alkyl halides is 6. The molecule has 10 unspecified atom stereocenters. The number of ketones is 5. The third-order valence-electron chi connectivity index (χ3n) is 20.4. The van der Waals surface area contributed by atoms with E-state index in [1.54, 1.807) is 121 Å². The molecule has 0 aromatic heterocycles. The van der Waals surface area contributed by atoms with Crippen molar-refractivity contribution >= 4 is 125 Å². The molecule has 133 heavy (non-hydrogen) atoms. The van der Waals surface area contributed by atoms with E-state index in [4.69, 9.17) is 35.3 Å². The summed E-state index contributed by atoms with van der Waals surface area (Å²) in [6, 6.07) is 63.4. The van der Waals surface area contributed by atoms with Crippen LogP contribution in [0.2, 0.25) is 5.02 Å². The molecular weight excluding hydrogens is 1860 g/mol. The number of aliphatic hydroxyl groups excluding tert-OH is 5. The molecule has 0 aliphatic carbocycles. The number of benzene rings is 10. The van der Waals surface area contributed by atoms with E-state index in [1.165, 1.54) is 60.7 Å². The zero-order chi connectivity index (χ0) is 94.8. The van der Waals surface area contributed by atoms with E-state index in [9.17, 15) is 109 Å². The average molecular weight is 1950 g/mol. The first-order valence-corrected chi connectivity index (χ1v) is 45.6. The Morgan fingerprint density at radius 2 is 0.579 bits per heavy atom. The van der Waals surface area contributed by atoms with Crippen molar-refractivity contribution in [2.75, 3.05) is 33.0 Å². The van der Waals surface area contributed by atoms with Gasteiger partial charge in [0.1, 0.15) is 110 Å². The SMILES string of the molecule is C.O=C1CC(=O)C(Cc2ccc(OCC(O)c3ccc(Cl)cc3)cc2)S1.O=C1CC(=O)C(Cc2ccc(OCC(O)c3ccc(F)cc3)cc2)S1.O=C1CC(=O)C(Cc2ccc(OCC(O)c3ccc(OC(F)(F)F)cc3)cc2)S1.O=C1CC(=O)C(Cc2ccc(OCC(O)c3cccc(C(F)(F)F)c3)cc2)S1.O=C1CC(=O)C(Cc2ccc(OCC(O)c3ccccc3F)cc2)S1. The molecule has 0 saturated carbocycles. The zero-order valence-corrected chi connectivity index (χ0v) is 74.5. The second kappa shape index (κ2) is 49.8. The smallest absolute Gasteiger partial charge is 0.491 e. The van der Waals surface area contributed by atoms with Gasteiger partial charge in [0.25, 0.3) is 0 Å². The van der Waals surface area contributed by atoms with Gasteiger partial charge in [-0.1, -0.05) is 205 Å². The average Bonchev–Trinajstić information content (AvgIpc) is 1.83. The fourth-order valence-electron chi connectivity index (χ4n) is 13.3. The summed E-state index contributed by atoms with van der Waals surface area (Å²) < 4.78 is 133. The summed E-state index contributed by atoms with van der Waals surface area (Å²) in [5.74, 6) is 1.34. The highest BCUT2D eigenvalue weighted by atomic mass is 35.5. The molecule has 5 saturated heterocycles. The number of carbonyl (C=O) groups is 10. The number of halogens is 9. The lowest BCUT2D eigenvalue weighted by molar-refractivity contribution is -0.274. The predicted molar refractivity (Wildman–Crippen MR) is 489 cm³/mol. The van der Waals surface area contributed by atoms with Gasteiger partial charge in [-0.2, -0.15) is 13.2 Å². The first-order valence-electron chi connectivity index (χ1n) is 40.8. The Kier molecular flexibility index (Phi) is 39.0. The Balaban J connectivity index is 0.000000172. The monoisotopic (exact) mass is 1950 g/mol. The molecule has 5 fully saturated rings. The molecule has 0 amide bonds. The molecule has 10 atom stereocenters. The van der Waals surface area contributed by atoms with Gasteiger partial charge in [0.15, 0.2) is 54.5 Å². The third-order valence-corrected chi connectivity index (χ3v) is 26.2. The number of rotatable bonds is 31. The van der Waals surface area contributed by atoms with Crippen molar-refractivity contribution in [3.63, 3.8) is 0 Å². The lowest BCUT2D eigenvalue weighted by atomic mass is 10.1. The lowest BCUT2D eigenvalue weighted by Gasteiger charge is -2.15. The molecule has 700 valence electrons. The molecule has 0 bridgehead atoms. The first kappa shape index (κ1) is 104. The van der Waals surface area contributed by atoms with Crippen molar-refractivity contribution in [3.8, 4) is 34.5 Å². The molecule has 5 N–H and O–H groups in total. The maximum absolute atomic E-state index is 13.6. The Morgan fingerprint density at radius 1 is 0.316 bits per heavy atom. The predicted octanol–water partition coefficient (Wildman–Crippen LogP) is 18.2. The van der Waals surface area contributed by atoms with E-state index in [1.807, 2.05) is 36.4 Å². The topological polar surface area (TPSA) is 327 Å². The van der Waals surface area contributed by atoms with Crippen molar-refractivity contribution in [2.24, 2.45) is 0 Å². The third kappa shape index (κ3) is 33.5. The zero-order valence-electron chi connectivity index (χ0n) is 69.7. The molecule has 5 aliphatic rings. The number of ether oxygens (including phenoxy) is 6. The highest BCUT2D eigenvalue weighted by molar-refractivity contribution is 8.16. The molecule has 21 nitrogen and oxygen atoms in total. The minimum atomic E-state index is -4.77. The quantitative estimate of drug-likeness (QED) is 0.0199. The Hall–Kier alpha value is -11.0. The number of aliphatic hydroxyl groups is 5. The molecule has 0 spiro atoms. The molecule has 35 heteroatoms. The van der Waals surface area contributed by atoms with Crippen LogP contribution in [0.4, 0.5) is 35.1 Å². The maximum atomic E-state index is 13.6. The van der Waals surface area contributed by atoms with Crippen LogP contribution < -0.4 is 28.4 Å². The Bertz CT molecular complexity index is 5500. The standard InChI is InChI=1S/C20H17F3O5S.C20H17F3O4S.C19H17ClO4S.2C19H17FO4S.CH4/c21-20(22,23)28-15-7-3-13(4-8-15)17(25)11-27-14-5-1-12(2-6-14)9-18-16(24)10-19(26)29-18;21-20(22,23)14-3-1-2-13(9-14)17(25)11-27-15-6-4-12(5-7-15)8-18-16(24)10-19(26)28-18;2*20-14-5-3-13(4-6-14)17(22)11-24-15-7-1-12(2-8-15)9-18-16(21)10-19(23)25-18;20-15-4-2-1-3-14(15)17(22)11-24-13-7-5-12(6-8-13)9-18-16(21)10-19(23)25-18;/h1-8,17-18,25H,9-11H2;1-7,9,17-18,25H,8,10-11H2;3*1-8,17-18,22H,9-11H2;1H4. The summed E-state index contributed by atoms with van der Waals surface area (Å²) in [6.45, 7) is -0.176. The second-order valence-electron chi connectivity index (χ2n) is 30.3. The summed E-state index contributed by atoms with van der Waals surface area (Å²) in [6.07, 6.45) is -11.6. The van der Waals surface area contributed by atoms with E-state index in [0.29, 0.717) is 77.0 Å². The van der Waals surface area contributed by atoms with Crippen LogP contribution in [-0.2, 0) is 86.2 Å². The van der Waals surface area contributed by atoms with Crippen LogP contribution in [0, 0.1) is 11.6 Å². The van der Waals surface area contributed by atoms with Crippen LogP contribution in [0.25, 0.3) is 0 Å². The van der Waals surface area contributed by atoms with Crippen LogP contribution in [0.3, 0.4) is 0 Å². The number of hydrogen-bond acceptors (Lipinski definition) is 26. The Labute approximate surface area is 785 Å². The van der Waals surface area contributed by atoms with Crippen molar-refractivity contribution < 1.29 is 137 Å². The van der Waals surface area contributed by atoms with E-state index in [2.05, 4.69) is 4.74 Å². The molecule has 15 rings (SSSR count). The highest BCUT2D eigenvalue weighted by Crippen LogP contribution is 2.37. The fraction of sp³-hybridized carbons (Fsp3) is 0.286. The first-order chi connectivity index (χ1) is 63.0. The van der Waals surface area contributed by atoms with E-state index < -0.39 is 54.4 Å². The minimum Gasteiger partial charge on any atom is -0.491 e. The van der Waals surface area contributed by atoms with Crippen molar-refractivity contribution in [3.05, 3.63) is 321 Å². The lowest BCUT2D eigenvalue weighted by Crippen LogP contribution is -2.17. The van der Waals surface area contributed by atoms with Crippen molar-refractivity contribution in [2.45, 2.75) is 141 Å². The summed E-state index contributed by atoms with van der Waals surface area (Å²) in [5, 5.41) is 49.1. The molecule has 0 radical (unpaired) electrons. The van der Waals surface area contributed by atoms with Crippen LogP contribution in [0.15, 0.2) is 243 Å².